The summed E-state index contributed by atoms with van der Waals surface area (Å²) in [6, 6.07) is 8.38. The number of nitrogens with zero attached hydrogens (tertiary/aromatic N) is 1. The van der Waals surface area contributed by atoms with Crippen LogP contribution in [0.25, 0.3) is 21.8 Å². The highest BCUT2D eigenvalue weighted by atomic mass is 16.6. The van der Waals surface area contributed by atoms with Gasteiger partial charge in [-0.3, -0.25) is 14.9 Å². The highest BCUT2D eigenvalue weighted by Gasteiger charge is 2.18. The van der Waals surface area contributed by atoms with Gasteiger partial charge in [0.1, 0.15) is 0 Å². The largest absolute Gasteiger partial charge is 0.354 e. The van der Waals surface area contributed by atoms with E-state index in [1.165, 1.54) is 17.7 Å². The highest BCUT2D eigenvalue weighted by Crippen LogP contribution is 2.29. The molecule has 0 unspecified atom stereocenters. The fourth-order valence-electron chi connectivity index (χ4n) is 3.25. The maximum atomic E-state index is 12.8. The van der Waals surface area contributed by atoms with Gasteiger partial charge in [-0.15, -0.1) is 0 Å². The summed E-state index contributed by atoms with van der Waals surface area (Å²) in [5, 5.41) is 12.0. The third-order valence-electron chi connectivity index (χ3n) is 4.24. The second kappa shape index (κ2) is 4.15. The van der Waals surface area contributed by atoms with Gasteiger partial charge in [0, 0.05) is 17.5 Å². The van der Waals surface area contributed by atoms with E-state index in [0.717, 1.165) is 30.3 Å². The van der Waals surface area contributed by atoms with Crippen molar-refractivity contribution in [1.29, 1.82) is 0 Å². The monoisotopic (exact) mass is 280 g/mol. The molecule has 1 aliphatic rings. The average molecular weight is 280 g/mol. The normalized spacial score (nSPS) is 13.7. The molecule has 104 valence electrons. The van der Waals surface area contributed by atoms with Crippen LogP contribution in [0, 0.1) is 10.1 Å². The van der Waals surface area contributed by atoms with Crippen LogP contribution in [0.1, 0.15) is 17.5 Å². The average Bonchev–Trinajstić information content (AvgIpc) is 2.95. The predicted octanol–water partition coefficient (Wildman–Crippen LogP) is 3.08. The van der Waals surface area contributed by atoms with Crippen LogP contribution < -0.4 is 5.43 Å². The van der Waals surface area contributed by atoms with Crippen LogP contribution in [0.4, 0.5) is 5.69 Å². The second-order valence-electron chi connectivity index (χ2n) is 5.42. The molecule has 5 nitrogen and oxygen atoms in total. The molecule has 0 amide bonds. The summed E-state index contributed by atoms with van der Waals surface area (Å²) in [6.45, 7) is 0. The molecule has 1 aliphatic carbocycles. The molecule has 0 atom stereocenters. The molecule has 5 heteroatoms. The molecule has 1 heterocycles. The van der Waals surface area contributed by atoms with Crippen LogP contribution in [0.15, 0.2) is 35.1 Å². The number of pyridine rings is 1. The highest BCUT2D eigenvalue weighted by molar-refractivity contribution is 5.95. The molecule has 1 aromatic heterocycles. The lowest BCUT2D eigenvalue weighted by molar-refractivity contribution is -0.384. The third kappa shape index (κ3) is 1.67. The lowest BCUT2D eigenvalue weighted by Crippen LogP contribution is -2.07. The van der Waals surface area contributed by atoms with Gasteiger partial charge in [0.05, 0.1) is 21.3 Å². The molecule has 0 spiro atoms. The van der Waals surface area contributed by atoms with Gasteiger partial charge in [-0.2, -0.15) is 0 Å². The number of nitro groups is 1. The number of H-pyrrole nitrogens is 1. The zero-order valence-corrected chi connectivity index (χ0v) is 11.2. The van der Waals surface area contributed by atoms with Gasteiger partial charge in [0.25, 0.3) is 5.69 Å². The zero-order valence-electron chi connectivity index (χ0n) is 11.2. The number of hydrogen-bond donors (Lipinski definition) is 1. The number of fused-ring (bicyclic) bond motifs is 4. The molecule has 0 fully saturated rings. The molecule has 0 bridgehead atoms. The maximum Gasteiger partial charge on any atom is 0.270 e. The molecule has 1 N–H and O–H groups in total. The van der Waals surface area contributed by atoms with Crippen LogP contribution in [0.3, 0.4) is 0 Å². The molecule has 0 radical (unpaired) electrons. The fraction of sp³-hybridized carbons (Fsp3) is 0.188. The lowest BCUT2D eigenvalue weighted by atomic mass is 10.0. The Morgan fingerprint density at radius 1 is 1.10 bits per heavy atom. The van der Waals surface area contributed by atoms with Gasteiger partial charge in [0.15, 0.2) is 5.43 Å². The number of benzene rings is 2. The second-order valence-corrected chi connectivity index (χ2v) is 5.42. The Balaban J connectivity index is 2.17. The molecule has 3 aromatic rings. The van der Waals surface area contributed by atoms with E-state index >= 15 is 0 Å². The zero-order chi connectivity index (χ0) is 14.6. The summed E-state index contributed by atoms with van der Waals surface area (Å²) in [5.74, 6) is 0. The van der Waals surface area contributed by atoms with Crippen molar-refractivity contribution in [3.8, 4) is 0 Å². The molecule has 4 rings (SSSR count). The van der Waals surface area contributed by atoms with Gasteiger partial charge < -0.3 is 4.98 Å². The van der Waals surface area contributed by atoms with Crippen molar-refractivity contribution in [2.75, 3.05) is 0 Å². The molecule has 0 saturated carbocycles. The van der Waals surface area contributed by atoms with Crippen molar-refractivity contribution in [2.45, 2.75) is 19.3 Å². The van der Waals surface area contributed by atoms with E-state index in [-0.39, 0.29) is 11.1 Å². The minimum absolute atomic E-state index is 0.0556. The fourth-order valence-corrected chi connectivity index (χ4v) is 3.25. The van der Waals surface area contributed by atoms with Crippen LogP contribution in [-0.4, -0.2) is 9.91 Å². The summed E-state index contributed by atoms with van der Waals surface area (Å²) >= 11 is 0. The van der Waals surface area contributed by atoms with Gasteiger partial charge in [-0.1, -0.05) is 6.07 Å². The molecule has 0 aliphatic heterocycles. The van der Waals surface area contributed by atoms with Crippen molar-refractivity contribution >= 4 is 27.5 Å². The van der Waals surface area contributed by atoms with Crippen molar-refractivity contribution < 1.29 is 4.92 Å². The molecule has 0 saturated heterocycles. The molecule has 2 aromatic carbocycles. The van der Waals surface area contributed by atoms with Gasteiger partial charge in [-0.25, -0.2) is 0 Å². The third-order valence-corrected chi connectivity index (χ3v) is 4.24. The van der Waals surface area contributed by atoms with E-state index in [2.05, 4.69) is 11.1 Å². The molecular formula is C16H12N2O3. The summed E-state index contributed by atoms with van der Waals surface area (Å²) in [7, 11) is 0. The van der Waals surface area contributed by atoms with Crippen molar-refractivity contribution in [1.82, 2.24) is 4.98 Å². The number of aromatic nitrogens is 1. The van der Waals surface area contributed by atoms with Crippen molar-refractivity contribution in [2.24, 2.45) is 0 Å². The smallest absolute Gasteiger partial charge is 0.270 e. The Labute approximate surface area is 119 Å². The van der Waals surface area contributed by atoms with E-state index in [0.29, 0.717) is 16.3 Å². The van der Waals surface area contributed by atoms with E-state index < -0.39 is 4.92 Å². The summed E-state index contributed by atoms with van der Waals surface area (Å²) in [4.78, 5) is 26.4. The standard InChI is InChI=1S/C16H12N2O3/c19-16-12-8-10(18(20)21)5-7-13(12)17-14-6-4-9-2-1-3-11(9)15(14)16/h4-8H,1-3H2,(H,17,19). The van der Waals surface area contributed by atoms with Crippen molar-refractivity contribution in [3.63, 3.8) is 0 Å². The first-order chi connectivity index (χ1) is 10.1. The Morgan fingerprint density at radius 2 is 1.90 bits per heavy atom. The summed E-state index contributed by atoms with van der Waals surface area (Å²) < 4.78 is 0. The van der Waals surface area contributed by atoms with Crippen LogP contribution in [0.5, 0.6) is 0 Å². The Morgan fingerprint density at radius 3 is 2.71 bits per heavy atom. The van der Waals surface area contributed by atoms with Crippen LogP contribution in [0.2, 0.25) is 0 Å². The predicted molar refractivity (Wildman–Crippen MR) is 80.8 cm³/mol. The van der Waals surface area contributed by atoms with Crippen LogP contribution in [-0.2, 0) is 12.8 Å². The Hall–Kier alpha value is -2.69. The quantitative estimate of drug-likeness (QED) is 0.423. The van der Waals surface area contributed by atoms with Gasteiger partial charge in [-0.05, 0) is 42.5 Å². The van der Waals surface area contributed by atoms with E-state index in [1.54, 1.807) is 6.07 Å². The number of hydrogen-bond acceptors (Lipinski definition) is 3. The van der Waals surface area contributed by atoms with Gasteiger partial charge >= 0.3 is 0 Å². The number of nitro benzene ring substituents is 1. The minimum atomic E-state index is -0.474. The number of aryl methyl sites for hydroxylation is 2. The Bertz CT molecular complexity index is 973. The summed E-state index contributed by atoms with van der Waals surface area (Å²) in [6.07, 6.45) is 2.95. The topological polar surface area (TPSA) is 76.0 Å². The first-order valence-electron chi connectivity index (χ1n) is 6.90. The Kier molecular flexibility index (Phi) is 2.39. The maximum absolute atomic E-state index is 12.8. The number of nitrogens with one attached hydrogen (secondary N) is 1. The minimum Gasteiger partial charge on any atom is -0.354 e. The number of non-ortho nitro benzene ring substituents is 1. The first kappa shape index (κ1) is 12.1. The van der Waals surface area contributed by atoms with E-state index in [4.69, 9.17) is 0 Å². The summed E-state index contributed by atoms with van der Waals surface area (Å²) in [5.41, 5.74) is 3.60. The van der Waals surface area contributed by atoms with Crippen LogP contribution >= 0.6 is 0 Å². The van der Waals surface area contributed by atoms with Crippen molar-refractivity contribution in [3.05, 3.63) is 61.8 Å². The van der Waals surface area contributed by atoms with E-state index in [1.807, 2.05) is 6.07 Å². The lowest BCUT2D eigenvalue weighted by Gasteiger charge is -2.07. The molecular weight excluding hydrogens is 268 g/mol. The SMILES string of the molecule is O=c1c2cc([N+](=O)[O-])ccc2[nH]c2ccc3c(c12)CCC3. The number of rotatable bonds is 1. The van der Waals surface area contributed by atoms with Gasteiger partial charge in [0.2, 0.25) is 0 Å². The first-order valence-corrected chi connectivity index (χ1v) is 6.90. The number of aromatic amines is 1. The molecule has 21 heavy (non-hydrogen) atoms. The van der Waals surface area contributed by atoms with E-state index in [9.17, 15) is 14.9 Å².